The summed E-state index contributed by atoms with van der Waals surface area (Å²) < 4.78 is 0. The molecule has 0 aromatic carbocycles. The molecule has 0 spiro atoms. The van der Waals surface area contributed by atoms with Crippen LogP contribution in [0, 0.1) is 0 Å². The largest absolute Gasteiger partial charge is 0.493 e. The minimum absolute atomic E-state index is 0. The molecule has 0 unspecified atom stereocenters. The molecule has 0 fully saturated rings. The standard InChI is InChI=1S/C3H8O5Si.Cu/c4-3(5)1-2-9(6,7)8;/h6-8H,1-2H2,(H,4,5);. The van der Waals surface area contributed by atoms with Gasteiger partial charge in [0.25, 0.3) is 0 Å². The summed E-state index contributed by atoms with van der Waals surface area (Å²) in [6.07, 6.45) is -0.407. The van der Waals surface area contributed by atoms with E-state index in [-0.39, 0.29) is 17.1 Å². The zero-order valence-corrected chi connectivity index (χ0v) is 6.85. The third-order valence-electron chi connectivity index (χ3n) is 0.674. The zero-order valence-electron chi connectivity index (χ0n) is 4.91. The van der Waals surface area contributed by atoms with Gasteiger partial charge in [0.1, 0.15) is 0 Å². The smallest absolute Gasteiger partial charge is 0.481 e. The average molecular weight is 216 g/mol. The molecule has 65 valence electrons. The molecule has 5 nitrogen and oxygen atoms in total. The number of rotatable bonds is 3. The van der Waals surface area contributed by atoms with E-state index in [9.17, 15) is 4.79 Å². The van der Waals surface area contributed by atoms with Crippen molar-refractivity contribution < 1.29 is 41.4 Å². The fraction of sp³-hybridized carbons (Fsp3) is 0.667. The molecule has 0 bridgehead atoms. The van der Waals surface area contributed by atoms with Crippen LogP contribution in [0.5, 0.6) is 0 Å². The fourth-order valence-electron chi connectivity index (χ4n) is 0.275. The van der Waals surface area contributed by atoms with E-state index >= 15 is 0 Å². The van der Waals surface area contributed by atoms with Crippen LogP contribution in [0.1, 0.15) is 6.42 Å². The first kappa shape index (κ1) is 12.7. The van der Waals surface area contributed by atoms with Gasteiger partial charge in [-0.25, -0.2) is 0 Å². The Hall–Kier alpha value is 0.0864. The molecule has 10 heavy (non-hydrogen) atoms. The van der Waals surface area contributed by atoms with Gasteiger partial charge in [0, 0.05) is 29.5 Å². The molecule has 0 rings (SSSR count). The Balaban J connectivity index is 0. The predicted octanol–water partition coefficient (Wildman–Crippen LogP) is -1.63. The molecular weight excluding hydrogens is 208 g/mol. The van der Waals surface area contributed by atoms with Gasteiger partial charge in [-0.1, -0.05) is 0 Å². The normalized spacial score (nSPS) is 10.3. The third-order valence-corrected chi connectivity index (χ3v) is 1.60. The Morgan fingerprint density at radius 1 is 1.30 bits per heavy atom. The van der Waals surface area contributed by atoms with Crippen molar-refractivity contribution in [3.63, 3.8) is 0 Å². The average Bonchev–Trinajstić information content (AvgIpc) is 1.59. The van der Waals surface area contributed by atoms with Crippen LogP contribution in [-0.4, -0.2) is 34.3 Å². The molecule has 0 saturated heterocycles. The first-order valence-electron chi connectivity index (χ1n) is 2.31. The fourth-order valence-corrected chi connectivity index (χ4v) is 0.824. The molecule has 0 atom stereocenters. The van der Waals surface area contributed by atoms with Crippen LogP contribution in [0.15, 0.2) is 0 Å². The topological polar surface area (TPSA) is 98.0 Å². The van der Waals surface area contributed by atoms with Gasteiger partial charge in [0.2, 0.25) is 0 Å². The number of aliphatic carboxylic acids is 1. The van der Waals surface area contributed by atoms with Crippen LogP contribution >= 0.6 is 0 Å². The van der Waals surface area contributed by atoms with Crippen molar-refractivity contribution in [2.45, 2.75) is 12.5 Å². The summed E-state index contributed by atoms with van der Waals surface area (Å²) in [6.45, 7) is 0. The molecule has 0 heterocycles. The van der Waals surface area contributed by atoms with Crippen molar-refractivity contribution in [1.82, 2.24) is 0 Å². The Bertz CT molecular complexity index is 110. The van der Waals surface area contributed by atoms with Gasteiger partial charge >= 0.3 is 14.8 Å². The van der Waals surface area contributed by atoms with E-state index in [1.54, 1.807) is 0 Å². The van der Waals surface area contributed by atoms with Crippen LogP contribution in [0.2, 0.25) is 6.04 Å². The van der Waals surface area contributed by atoms with Crippen LogP contribution in [0.25, 0.3) is 0 Å². The van der Waals surface area contributed by atoms with E-state index in [4.69, 9.17) is 19.5 Å². The van der Waals surface area contributed by atoms with Crippen molar-refractivity contribution in [3.05, 3.63) is 0 Å². The Morgan fingerprint density at radius 3 is 1.80 bits per heavy atom. The number of hydrogen-bond donors (Lipinski definition) is 4. The van der Waals surface area contributed by atoms with Gasteiger partial charge in [-0.2, -0.15) is 0 Å². The van der Waals surface area contributed by atoms with Crippen LogP contribution in [-0.2, 0) is 21.9 Å². The van der Waals surface area contributed by atoms with Crippen molar-refractivity contribution >= 4 is 14.8 Å². The molecule has 0 aliphatic rings. The minimum Gasteiger partial charge on any atom is -0.481 e. The molecule has 0 aromatic rings. The second-order valence-electron chi connectivity index (χ2n) is 1.67. The third kappa shape index (κ3) is 11.0. The molecular formula is C3H8CuO5Si. The summed E-state index contributed by atoms with van der Waals surface area (Å²) in [4.78, 5) is 34.5. The Labute approximate surface area is 69.2 Å². The molecule has 0 saturated carbocycles. The maximum absolute atomic E-state index is 9.73. The number of hydrogen-bond acceptors (Lipinski definition) is 4. The summed E-state index contributed by atoms with van der Waals surface area (Å²) in [7, 11) is -4.10. The summed E-state index contributed by atoms with van der Waals surface area (Å²) in [5, 5.41) is 7.97. The summed E-state index contributed by atoms with van der Waals surface area (Å²) in [6, 6.07) is -0.442. The van der Waals surface area contributed by atoms with Crippen LogP contribution < -0.4 is 0 Å². The van der Waals surface area contributed by atoms with Crippen molar-refractivity contribution in [1.29, 1.82) is 0 Å². The predicted molar refractivity (Wildman–Crippen MR) is 29.5 cm³/mol. The summed E-state index contributed by atoms with van der Waals surface area (Å²) in [5.74, 6) is -1.15. The van der Waals surface area contributed by atoms with Crippen LogP contribution in [0.4, 0.5) is 0 Å². The Morgan fingerprint density at radius 2 is 1.70 bits per heavy atom. The van der Waals surface area contributed by atoms with Crippen molar-refractivity contribution in [3.8, 4) is 0 Å². The molecule has 0 aromatic heterocycles. The second kappa shape index (κ2) is 4.83. The number of carboxylic acid groups (broad SMARTS) is 1. The summed E-state index contributed by atoms with van der Waals surface area (Å²) in [5.41, 5.74) is 0. The molecule has 4 N–H and O–H groups in total. The van der Waals surface area contributed by atoms with E-state index in [2.05, 4.69) is 0 Å². The van der Waals surface area contributed by atoms with Gasteiger partial charge in [-0.05, 0) is 0 Å². The van der Waals surface area contributed by atoms with Gasteiger partial charge in [0.15, 0.2) is 0 Å². The van der Waals surface area contributed by atoms with E-state index < -0.39 is 27.2 Å². The van der Waals surface area contributed by atoms with E-state index in [0.717, 1.165) is 0 Å². The van der Waals surface area contributed by atoms with Crippen LogP contribution in [0.3, 0.4) is 0 Å². The van der Waals surface area contributed by atoms with E-state index in [1.165, 1.54) is 0 Å². The Kier molecular flexibility index (Phi) is 6.16. The quantitative estimate of drug-likeness (QED) is 0.424. The monoisotopic (exact) mass is 215 g/mol. The first-order chi connectivity index (χ1) is 3.92. The molecule has 7 heteroatoms. The molecule has 0 aliphatic heterocycles. The van der Waals surface area contributed by atoms with Crippen molar-refractivity contribution in [2.75, 3.05) is 0 Å². The van der Waals surface area contributed by atoms with E-state index in [1.807, 2.05) is 0 Å². The molecule has 0 aliphatic carbocycles. The minimum atomic E-state index is -4.10. The van der Waals surface area contributed by atoms with Gasteiger partial charge in [0.05, 0.1) is 0 Å². The molecule has 1 radical (unpaired) electrons. The number of carboxylic acids is 1. The molecule has 0 amide bonds. The van der Waals surface area contributed by atoms with Gasteiger partial charge in [-0.3, -0.25) is 4.79 Å². The second-order valence-corrected chi connectivity index (χ2v) is 3.72. The zero-order chi connectivity index (χ0) is 7.49. The SMILES string of the molecule is O=C(O)CC[Si](O)(O)O.[Cu]. The van der Waals surface area contributed by atoms with Gasteiger partial charge in [-0.15, -0.1) is 0 Å². The van der Waals surface area contributed by atoms with Crippen molar-refractivity contribution in [2.24, 2.45) is 0 Å². The number of carbonyl (C=O) groups is 1. The first-order valence-corrected chi connectivity index (χ1v) is 4.35. The summed E-state index contributed by atoms with van der Waals surface area (Å²) >= 11 is 0. The van der Waals surface area contributed by atoms with E-state index in [0.29, 0.717) is 0 Å². The maximum Gasteiger partial charge on any atom is 0.493 e. The maximum atomic E-state index is 9.73. The van der Waals surface area contributed by atoms with Gasteiger partial charge < -0.3 is 19.5 Å².